The number of hydrogen-bond donors (Lipinski definition) is 2. The van der Waals surface area contributed by atoms with Crippen molar-refractivity contribution >= 4 is 35.8 Å². The van der Waals surface area contributed by atoms with Crippen LogP contribution in [0.15, 0.2) is 64.3 Å². The third-order valence-corrected chi connectivity index (χ3v) is 13.4. The highest BCUT2D eigenvalue weighted by Gasteiger charge is 2.78. The molecule has 2 bridgehead atoms. The number of ether oxygens (including phenoxy) is 6. The van der Waals surface area contributed by atoms with Gasteiger partial charge in [0.2, 0.25) is 0 Å². The lowest BCUT2D eigenvalue weighted by Gasteiger charge is -2.67. The number of alkyl carbamates (subject to hydrolysis) is 1. The molecule has 3 fully saturated rings. The van der Waals surface area contributed by atoms with Crippen molar-refractivity contribution in [1.29, 1.82) is 0 Å². The maximum atomic E-state index is 15.6. The minimum atomic E-state index is -2.17. The lowest BCUT2D eigenvalue weighted by atomic mass is 9.43. The van der Waals surface area contributed by atoms with Crippen molar-refractivity contribution in [2.75, 3.05) is 6.61 Å². The molecule has 1 aromatic heterocycles. The SMILES string of the molecule is CCC(=O)O[C@H]1C[C@H]2OC[C@@]2(OC(C)=O)C2C(OC(=O)c3ccccc3)[C@]3(O)C[C@H](OC(=O)[C@H](C)[C@@H](NC(=O)OC(C)(C)C)c4ccco4)C(C)=C([C@@H](C)C(=O)[C@@]21C)C3(C)C. The van der Waals surface area contributed by atoms with Crippen LogP contribution in [0.2, 0.25) is 0 Å². The van der Waals surface area contributed by atoms with Crippen molar-refractivity contribution in [2.24, 2.45) is 28.6 Å². The molecule has 61 heavy (non-hydrogen) atoms. The molecule has 4 aliphatic rings. The van der Waals surface area contributed by atoms with Crippen LogP contribution >= 0.6 is 0 Å². The van der Waals surface area contributed by atoms with Crippen LogP contribution in [0.4, 0.5) is 4.79 Å². The number of Topliss-reactive ketones (excluding diaryl/α,β-unsaturated/α-hetero) is 1. The number of carbonyl (C=O) groups excluding carboxylic acids is 6. The van der Waals surface area contributed by atoms with Gasteiger partial charge in [-0.05, 0) is 77.0 Å². The van der Waals surface area contributed by atoms with Gasteiger partial charge in [-0.25, -0.2) is 9.59 Å². The van der Waals surface area contributed by atoms with Gasteiger partial charge in [0.25, 0.3) is 0 Å². The van der Waals surface area contributed by atoms with Gasteiger partial charge in [0.1, 0.15) is 53.2 Å². The fourth-order valence-electron chi connectivity index (χ4n) is 10.4. The summed E-state index contributed by atoms with van der Waals surface area (Å²) in [5.74, 6) is -6.51. The first-order valence-corrected chi connectivity index (χ1v) is 20.9. The van der Waals surface area contributed by atoms with E-state index < -0.39 is 112 Å². The van der Waals surface area contributed by atoms with Gasteiger partial charge in [0.15, 0.2) is 5.60 Å². The molecule has 2 aromatic rings. The zero-order valence-electron chi connectivity index (χ0n) is 36.8. The highest BCUT2D eigenvalue weighted by Crippen LogP contribution is 2.65. The van der Waals surface area contributed by atoms with Crippen LogP contribution in [0.25, 0.3) is 0 Å². The lowest BCUT2D eigenvalue weighted by molar-refractivity contribution is -0.346. The third-order valence-electron chi connectivity index (χ3n) is 13.4. The van der Waals surface area contributed by atoms with E-state index in [-0.39, 0.29) is 37.2 Å². The summed E-state index contributed by atoms with van der Waals surface area (Å²) in [5.41, 5.74) is -6.69. The molecule has 0 spiro atoms. The maximum absolute atomic E-state index is 15.6. The van der Waals surface area contributed by atoms with Gasteiger partial charge in [0, 0.05) is 37.5 Å². The number of furan rings is 1. The normalized spacial score (nSPS) is 32.6. The van der Waals surface area contributed by atoms with Crippen LogP contribution in [-0.2, 0) is 47.6 Å². The van der Waals surface area contributed by atoms with Crippen molar-refractivity contribution in [3.05, 3.63) is 71.2 Å². The standard InChI is InChI=1S/C46H59NO14/c1-12-33(49)58-31-21-32-45(23-56-32,60-27(5)48)36-38(59-40(52)28-17-14-13-15-18-28)46(54)22-30(24(2)34(43(46,9)10)25(3)37(50)44(31,36)11)57-39(51)26(4)35(29-19-16-20-55-29)47-41(53)61-42(6,7)8/h13-20,25-26,30-32,35-36,38,54H,12,21-23H2,1-11H3,(H,47,53)/t25-,26-,30+,31+,32-,35-,36?,38?,44-,45+,46-/m1/s1. The Kier molecular flexibility index (Phi) is 12.2. The number of carbonyl (C=O) groups is 6. The van der Waals surface area contributed by atoms with Crippen LogP contribution in [0.1, 0.15) is 118 Å². The average Bonchev–Trinajstić information content (AvgIpc) is 3.72. The zero-order valence-corrected chi connectivity index (χ0v) is 36.8. The van der Waals surface area contributed by atoms with Crippen LogP contribution < -0.4 is 5.32 Å². The fraction of sp³-hybridized carbons (Fsp3) is 0.609. The van der Waals surface area contributed by atoms with Crippen LogP contribution in [-0.4, -0.2) is 88.7 Å². The Labute approximate surface area is 356 Å². The lowest BCUT2D eigenvalue weighted by Crippen LogP contribution is -2.81. The molecule has 0 radical (unpaired) electrons. The van der Waals surface area contributed by atoms with Crippen molar-refractivity contribution < 1.29 is 66.7 Å². The van der Waals surface area contributed by atoms with Gasteiger partial charge in [-0.3, -0.25) is 19.2 Å². The predicted molar refractivity (Wildman–Crippen MR) is 216 cm³/mol. The Balaban J connectivity index is 1.52. The zero-order chi connectivity index (χ0) is 45.0. The van der Waals surface area contributed by atoms with Gasteiger partial charge < -0.3 is 43.3 Å². The third kappa shape index (κ3) is 7.88. The molecular formula is C46H59NO14. The number of hydrogen-bond acceptors (Lipinski definition) is 14. The highest BCUT2D eigenvalue weighted by atomic mass is 16.6. The van der Waals surface area contributed by atoms with E-state index in [2.05, 4.69) is 5.32 Å². The van der Waals surface area contributed by atoms with Gasteiger partial charge >= 0.3 is 30.0 Å². The van der Waals surface area contributed by atoms with Crippen LogP contribution in [0, 0.1) is 28.6 Å². The monoisotopic (exact) mass is 849 g/mol. The second-order valence-electron chi connectivity index (χ2n) is 18.7. The number of fused-ring (bicyclic) bond motifs is 5. The van der Waals surface area contributed by atoms with E-state index in [1.807, 2.05) is 0 Å². The van der Waals surface area contributed by atoms with Crippen molar-refractivity contribution in [2.45, 2.75) is 143 Å². The van der Waals surface area contributed by atoms with Crippen molar-refractivity contribution in [3.8, 4) is 0 Å². The minimum absolute atomic E-state index is 0.00516. The topological polar surface area (TPSA) is 203 Å². The number of amides is 1. The van der Waals surface area contributed by atoms with E-state index in [1.165, 1.54) is 13.2 Å². The number of rotatable bonds is 10. The van der Waals surface area contributed by atoms with Crippen molar-refractivity contribution in [3.63, 3.8) is 0 Å². The average molecular weight is 850 g/mol. The number of benzene rings is 1. The molecule has 1 aliphatic heterocycles. The molecule has 2 N–H and O–H groups in total. The van der Waals surface area contributed by atoms with E-state index in [0.717, 1.165) is 0 Å². The molecule has 1 aromatic carbocycles. The second-order valence-corrected chi connectivity index (χ2v) is 18.7. The minimum Gasteiger partial charge on any atom is -0.467 e. The number of ketones is 1. The summed E-state index contributed by atoms with van der Waals surface area (Å²) in [7, 11) is 0. The van der Waals surface area contributed by atoms with E-state index >= 15 is 4.79 Å². The van der Waals surface area contributed by atoms with Gasteiger partial charge in [0.05, 0.1) is 35.7 Å². The smallest absolute Gasteiger partial charge is 0.408 e. The van der Waals surface area contributed by atoms with E-state index in [0.29, 0.717) is 11.1 Å². The molecule has 1 saturated heterocycles. The Hall–Kier alpha value is -5.02. The number of nitrogens with one attached hydrogen (secondary N) is 1. The van der Waals surface area contributed by atoms with E-state index in [4.69, 9.17) is 32.8 Å². The summed E-state index contributed by atoms with van der Waals surface area (Å²) in [6.45, 7) is 17.8. The molecule has 15 heteroatoms. The largest absolute Gasteiger partial charge is 0.467 e. The van der Waals surface area contributed by atoms with E-state index in [9.17, 15) is 29.1 Å². The second kappa shape index (κ2) is 16.4. The Morgan fingerprint density at radius 2 is 1.67 bits per heavy atom. The van der Waals surface area contributed by atoms with Crippen LogP contribution in [0.5, 0.6) is 0 Å². The maximum Gasteiger partial charge on any atom is 0.408 e. The summed E-state index contributed by atoms with van der Waals surface area (Å²) in [4.78, 5) is 83.6. The molecule has 3 aliphatic carbocycles. The Bertz CT molecular complexity index is 2070. The summed E-state index contributed by atoms with van der Waals surface area (Å²) in [6, 6.07) is 10.3. The van der Waals surface area contributed by atoms with Gasteiger partial charge in [-0.1, -0.05) is 45.9 Å². The Morgan fingerprint density at radius 1 is 1.00 bits per heavy atom. The molecule has 2 unspecified atom stereocenters. The number of aliphatic hydroxyl groups is 1. The van der Waals surface area contributed by atoms with Crippen molar-refractivity contribution in [1.82, 2.24) is 5.32 Å². The first-order valence-electron chi connectivity index (χ1n) is 20.9. The molecule has 6 rings (SSSR count). The molecule has 11 atom stereocenters. The predicted octanol–water partition coefficient (Wildman–Crippen LogP) is 6.36. The summed E-state index contributed by atoms with van der Waals surface area (Å²) >= 11 is 0. The molecule has 1 amide bonds. The summed E-state index contributed by atoms with van der Waals surface area (Å²) in [6.07, 6.45) is -4.69. The van der Waals surface area contributed by atoms with Crippen LogP contribution in [0.3, 0.4) is 0 Å². The molecular weight excluding hydrogens is 790 g/mol. The molecule has 2 heterocycles. The molecule has 332 valence electrons. The van der Waals surface area contributed by atoms with Gasteiger partial charge in [-0.15, -0.1) is 0 Å². The first-order chi connectivity index (χ1) is 28.4. The fourth-order valence-corrected chi connectivity index (χ4v) is 10.4. The highest BCUT2D eigenvalue weighted by molar-refractivity contribution is 5.93. The first kappa shape index (κ1) is 45.5. The molecule has 2 saturated carbocycles. The van der Waals surface area contributed by atoms with Gasteiger partial charge in [-0.2, -0.15) is 0 Å². The quantitative estimate of drug-likeness (QED) is 0.152. The molecule has 15 nitrogen and oxygen atoms in total. The number of esters is 4. The summed E-state index contributed by atoms with van der Waals surface area (Å²) in [5, 5.41) is 16.5. The Morgan fingerprint density at radius 3 is 2.23 bits per heavy atom. The summed E-state index contributed by atoms with van der Waals surface area (Å²) < 4.78 is 42.3. The van der Waals surface area contributed by atoms with E-state index in [1.54, 1.807) is 112 Å².